The van der Waals surface area contributed by atoms with E-state index >= 15 is 0 Å². The maximum absolute atomic E-state index is 12.7. The number of anilines is 1. The van der Waals surface area contributed by atoms with Crippen LogP contribution in [0.25, 0.3) is 0 Å². The summed E-state index contributed by atoms with van der Waals surface area (Å²) in [6.45, 7) is 4.19. The Kier molecular flexibility index (Phi) is 4.35. The Balaban J connectivity index is 1.39. The highest BCUT2D eigenvalue weighted by molar-refractivity contribution is 6.22. The second-order valence-corrected chi connectivity index (χ2v) is 6.82. The number of benzene rings is 1. The van der Waals surface area contributed by atoms with Crippen LogP contribution < -0.4 is 4.90 Å². The minimum atomic E-state index is -0.390. The summed E-state index contributed by atoms with van der Waals surface area (Å²) in [5.74, 6) is -0.975. The van der Waals surface area contributed by atoms with E-state index in [0.717, 1.165) is 16.2 Å². The minimum Gasteiger partial charge on any atom is -0.368 e. The molecule has 7 heteroatoms. The summed E-state index contributed by atoms with van der Waals surface area (Å²) in [6, 6.07) is 9.04. The zero-order valence-corrected chi connectivity index (χ0v) is 15.1. The average molecular weight is 364 g/mol. The molecule has 1 aromatic heterocycles. The van der Waals surface area contributed by atoms with Gasteiger partial charge in [-0.05, 0) is 31.2 Å². The molecule has 0 unspecified atom stereocenters. The Labute approximate surface area is 157 Å². The zero-order chi connectivity index (χ0) is 19.0. The van der Waals surface area contributed by atoms with E-state index < -0.39 is 5.91 Å². The molecule has 4 rings (SSSR count). The fourth-order valence-electron chi connectivity index (χ4n) is 3.55. The van der Waals surface area contributed by atoms with Gasteiger partial charge in [0, 0.05) is 44.3 Å². The Bertz CT molecular complexity index is 905. The number of pyridine rings is 1. The van der Waals surface area contributed by atoms with Crippen LogP contribution in [0.15, 0.2) is 42.7 Å². The van der Waals surface area contributed by atoms with Crippen molar-refractivity contribution in [1.29, 1.82) is 0 Å². The molecule has 0 spiro atoms. The quantitative estimate of drug-likeness (QED) is 0.769. The van der Waals surface area contributed by atoms with Gasteiger partial charge in [-0.1, -0.05) is 11.6 Å². The number of aryl methyl sites for hydroxylation is 1. The topological polar surface area (TPSA) is 73.8 Å². The smallest absolute Gasteiger partial charge is 0.262 e. The molecule has 0 radical (unpaired) electrons. The van der Waals surface area contributed by atoms with Crippen molar-refractivity contribution in [2.24, 2.45) is 0 Å². The number of imide groups is 1. The van der Waals surface area contributed by atoms with Crippen molar-refractivity contribution in [2.45, 2.75) is 6.92 Å². The van der Waals surface area contributed by atoms with Gasteiger partial charge in [-0.15, -0.1) is 0 Å². The molecule has 27 heavy (non-hydrogen) atoms. The Morgan fingerprint density at radius 1 is 0.963 bits per heavy atom. The molecule has 2 aliphatic heterocycles. The number of hydrogen-bond donors (Lipinski definition) is 0. The summed E-state index contributed by atoms with van der Waals surface area (Å²) in [5, 5.41) is 0. The second kappa shape index (κ2) is 6.83. The van der Waals surface area contributed by atoms with E-state index in [0.29, 0.717) is 37.3 Å². The third kappa shape index (κ3) is 3.16. The Morgan fingerprint density at radius 3 is 2.33 bits per heavy atom. The number of carbonyl (C=O) groups excluding carboxylic acids is 3. The standard InChI is InChI=1S/C20H20N4O3/c1-14-2-3-16-17(12-14)20(27)24(19(16)26)13-18(25)23-10-8-22(9-11-23)15-4-6-21-7-5-15/h2-7,12H,8-11,13H2,1H3. The van der Waals surface area contributed by atoms with E-state index in [-0.39, 0.29) is 18.4 Å². The highest BCUT2D eigenvalue weighted by Crippen LogP contribution is 2.24. The largest absolute Gasteiger partial charge is 0.368 e. The van der Waals surface area contributed by atoms with Crippen molar-refractivity contribution >= 4 is 23.4 Å². The van der Waals surface area contributed by atoms with Crippen LogP contribution >= 0.6 is 0 Å². The lowest BCUT2D eigenvalue weighted by Gasteiger charge is -2.36. The molecule has 0 aliphatic carbocycles. The van der Waals surface area contributed by atoms with Gasteiger partial charge in [0.05, 0.1) is 11.1 Å². The summed E-state index contributed by atoms with van der Waals surface area (Å²) in [4.78, 5) is 46.7. The van der Waals surface area contributed by atoms with Gasteiger partial charge in [-0.25, -0.2) is 0 Å². The highest BCUT2D eigenvalue weighted by atomic mass is 16.2. The van der Waals surface area contributed by atoms with Crippen molar-refractivity contribution in [3.63, 3.8) is 0 Å². The van der Waals surface area contributed by atoms with Gasteiger partial charge < -0.3 is 9.80 Å². The average Bonchev–Trinajstić information content (AvgIpc) is 2.93. The fourth-order valence-corrected chi connectivity index (χ4v) is 3.55. The molecule has 0 saturated carbocycles. The van der Waals surface area contributed by atoms with E-state index in [2.05, 4.69) is 9.88 Å². The Hall–Kier alpha value is -3.22. The number of nitrogens with zero attached hydrogens (tertiary/aromatic N) is 4. The molecule has 0 atom stereocenters. The molecular formula is C20H20N4O3. The van der Waals surface area contributed by atoms with Crippen molar-refractivity contribution in [3.8, 4) is 0 Å². The summed E-state index contributed by atoms with van der Waals surface area (Å²) in [5.41, 5.74) is 2.75. The van der Waals surface area contributed by atoms with Gasteiger partial charge in [0.15, 0.2) is 0 Å². The lowest BCUT2D eigenvalue weighted by atomic mass is 10.1. The van der Waals surface area contributed by atoms with E-state index in [9.17, 15) is 14.4 Å². The molecule has 1 saturated heterocycles. The maximum Gasteiger partial charge on any atom is 0.262 e. The first-order valence-electron chi connectivity index (χ1n) is 8.94. The van der Waals surface area contributed by atoms with Gasteiger partial charge in [-0.3, -0.25) is 24.3 Å². The molecule has 7 nitrogen and oxygen atoms in total. The third-order valence-corrected chi connectivity index (χ3v) is 5.08. The summed E-state index contributed by atoms with van der Waals surface area (Å²) >= 11 is 0. The number of carbonyl (C=O) groups is 3. The molecule has 0 bridgehead atoms. The van der Waals surface area contributed by atoms with E-state index in [1.807, 2.05) is 19.1 Å². The van der Waals surface area contributed by atoms with Gasteiger partial charge in [0.25, 0.3) is 11.8 Å². The highest BCUT2D eigenvalue weighted by Gasteiger charge is 2.37. The Morgan fingerprint density at radius 2 is 1.63 bits per heavy atom. The molecule has 1 fully saturated rings. The number of amides is 3. The van der Waals surface area contributed by atoms with Crippen molar-refractivity contribution in [2.75, 3.05) is 37.6 Å². The van der Waals surface area contributed by atoms with Crippen molar-refractivity contribution < 1.29 is 14.4 Å². The first-order valence-corrected chi connectivity index (χ1v) is 8.94. The van der Waals surface area contributed by atoms with Crippen LogP contribution in [0.2, 0.25) is 0 Å². The maximum atomic E-state index is 12.7. The van der Waals surface area contributed by atoms with Crippen molar-refractivity contribution in [1.82, 2.24) is 14.8 Å². The lowest BCUT2D eigenvalue weighted by molar-refractivity contribution is -0.131. The first kappa shape index (κ1) is 17.2. The zero-order valence-electron chi connectivity index (χ0n) is 15.1. The minimum absolute atomic E-state index is 0.199. The summed E-state index contributed by atoms with van der Waals surface area (Å²) in [7, 11) is 0. The molecule has 2 aromatic rings. The summed E-state index contributed by atoms with van der Waals surface area (Å²) < 4.78 is 0. The SMILES string of the molecule is Cc1ccc2c(c1)C(=O)N(CC(=O)N1CCN(c3ccncc3)CC1)C2=O. The van der Waals surface area contributed by atoms with E-state index in [1.54, 1.807) is 35.5 Å². The number of piperazine rings is 1. The number of rotatable bonds is 3. The van der Waals surface area contributed by atoms with Crippen LogP contribution in [-0.2, 0) is 4.79 Å². The predicted octanol–water partition coefficient (Wildman–Crippen LogP) is 1.33. The summed E-state index contributed by atoms with van der Waals surface area (Å²) in [6.07, 6.45) is 3.49. The van der Waals surface area contributed by atoms with Crippen LogP contribution in [0.4, 0.5) is 5.69 Å². The number of hydrogen-bond acceptors (Lipinski definition) is 5. The molecule has 3 amide bonds. The van der Waals surface area contributed by atoms with E-state index in [1.165, 1.54) is 0 Å². The third-order valence-electron chi connectivity index (χ3n) is 5.08. The van der Waals surface area contributed by atoms with Crippen LogP contribution in [0.3, 0.4) is 0 Å². The molecule has 0 N–H and O–H groups in total. The number of fused-ring (bicyclic) bond motifs is 1. The van der Waals surface area contributed by atoms with Crippen molar-refractivity contribution in [3.05, 3.63) is 59.4 Å². The van der Waals surface area contributed by atoms with Crippen LogP contribution in [0.1, 0.15) is 26.3 Å². The van der Waals surface area contributed by atoms with Gasteiger partial charge in [0.2, 0.25) is 5.91 Å². The number of aromatic nitrogens is 1. The van der Waals surface area contributed by atoms with Gasteiger partial charge in [-0.2, -0.15) is 0 Å². The molecular weight excluding hydrogens is 344 g/mol. The molecule has 2 aliphatic rings. The molecule has 138 valence electrons. The molecule has 3 heterocycles. The van der Waals surface area contributed by atoms with Crippen LogP contribution in [0, 0.1) is 6.92 Å². The van der Waals surface area contributed by atoms with Crippen LogP contribution in [0.5, 0.6) is 0 Å². The monoisotopic (exact) mass is 364 g/mol. The normalized spacial score (nSPS) is 16.7. The van der Waals surface area contributed by atoms with Gasteiger partial charge in [0.1, 0.15) is 6.54 Å². The predicted molar refractivity (Wildman–Crippen MR) is 99.6 cm³/mol. The second-order valence-electron chi connectivity index (χ2n) is 6.82. The lowest BCUT2D eigenvalue weighted by Crippen LogP contribution is -2.51. The van der Waals surface area contributed by atoms with E-state index in [4.69, 9.17) is 0 Å². The molecule has 1 aromatic carbocycles. The van der Waals surface area contributed by atoms with Crippen LogP contribution in [-0.4, -0.2) is 65.2 Å². The van der Waals surface area contributed by atoms with Gasteiger partial charge >= 0.3 is 0 Å². The first-order chi connectivity index (χ1) is 13.0. The fraction of sp³-hybridized carbons (Fsp3) is 0.300.